The Morgan fingerprint density at radius 2 is 2.05 bits per heavy atom. The van der Waals surface area contributed by atoms with E-state index in [9.17, 15) is 5.11 Å². The summed E-state index contributed by atoms with van der Waals surface area (Å²) < 4.78 is 0. The van der Waals surface area contributed by atoms with Crippen LogP contribution in [0.1, 0.15) is 46.5 Å². The lowest BCUT2D eigenvalue weighted by atomic mass is 9.72. The molecule has 5 atom stereocenters. The third kappa shape index (κ3) is 4.17. The normalized spacial score (nSPS) is 41.4. The van der Waals surface area contributed by atoms with Gasteiger partial charge in [0.25, 0.3) is 0 Å². The van der Waals surface area contributed by atoms with Gasteiger partial charge in [0.1, 0.15) is 0 Å². The van der Waals surface area contributed by atoms with E-state index in [4.69, 9.17) is 0 Å². The molecule has 1 heterocycles. The fraction of sp³-hybridized carbons (Fsp3) is 1.00. The van der Waals surface area contributed by atoms with Gasteiger partial charge in [0.15, 0.2) is 0 Å². The van der Waals surface area contributed by atoms with Crippen molar-refractivity contribution in [1.82, 2.24) is 10.2 Å². The maximum absolute atomic E-state index is 9.83. The number of nitrogens with zero attached hydrogens (tertiary/aromatic N) is 1. The van der Waals surface area contributed by atoms with Crippen LogP contribution in [0.2, 0.25) is 0 Å². The third-order valence-corrected chi connectivity index (χ3v) is 5.09. The Balaban J connectivity index is 1.94. The molecule has 2 N–H and O–H groups in total. The highest BCUT2D eigenvalue weighted by molar-refractivity contribution is 4.90. The summed E-state index contributed by atoms with van der Waals surface area (Å²) >= 11 is 0. The Bertz CT molecular complexity index is 271. The summed E-state index contributed by atoms with van der Waals surface area (Å²) in [4.78, 5) is 2.50. The number of β-amino-alcohol motifs (C(OH)–C–C–N with tert-alkyl or cyclic N) is 1. The summed E-state index contributed by atoms with van der Waals surface area (Å²) in [6.45, 7) is 11.3. The van der Waals surface area contributed by atoms with E-state index in [0.717, 1.165) is 43.7 Å². The molecule has 1 saturated carbocycles. The number of piperidine rings is 1. The van der Waals surface area contributed by atoms with E-state index in [1.165, 1.54) is 25.9 Å². The van der Waals surface area contributed by atoms with Crippen LogP contribution >= 0.6 is 0 Å². The summed E-state index contributed by atoms with van der Waals surface area (Å²) in [7, 11) is 0. The van der Waals surface area contributed by atoms with Crippen molar-refractivity contribution in [2.75, 3.05) is 26.2 Å². The van der Waals surface area contributed by atoms with E-state index in [2.05, 4.69) is 31.0 Å². The largest absolute Gasteiger partial charge is 0.392 e. The standard InChI is InChI=1S/C16H32N2O/c1-4-17-16-9-12(2)8-13(3)15(16)11-18-7-5-6-14(19)10-18/h12-17,19H,4-11H2,1-3H3. The van der Waals surface area contributed by atoms with E-state index in [0.29, 0.717) is 6.04 Å². The van der Waals surface area contributed by atoms with Crippen LogP contribution in [0.3, 0.4) is 0 Å². The first kappa shape index (κ1) is 15.3. The van der Waals surface area contributed by atoms with Gasteiger partial charge in [-0.15, -0.1) is 0 Å². The van der Waals surface area contributed by atoms with Crippen molar-refractivity contribution in [3.63, 3.8) is 0 Å². The van der Waals surface area contributed by atoms with Gasteiger partial charge in [-0.3, -0.25) is 0 Å². The van der Waals surface area contributed by atoms with Gasteiger partial charge in [0, 0.05) is 19.1 Å². The summed E-state index contributed by atoms with van der Waals surface area (Å²) in [5.41, 5.74) is 0. The zero-order chi connectivity index (χ0) is 13.8. The van der Waals surface area contributed by atoms with Crippen LogP contribution in [0.5, 0.6) is 0 Å². The average molecular weight is 268 g/mol. The fourth-order valence-electron chi connectivity index (χ4n) is 4.21. The fourth-order valence-corrected chi connectivity index (χ4v) is 4.21. The first-order chi connectivity index (χ1) is 9.10. The summed E-state index contributed by atoms with van der Waals surface area (Å²) in [6, 6.07) is 0.669. The topological polar surface area (TPSA) is 35.5 Å². The Hall–Kier alpha value is -0.120. The number of hydrogen-bond donors (Lipinski definition) is 2. The van der Waals surface area contributed by atoms with Crippen molar-refractivity contribution in [1.29, 1.82) is 0 Å². The third-order valence-electron chi connectivity index (χ3n) is 5.09. The molecular formula is C16H32N2O. The number of hydrogen-bond acceptors (Lipinski definition) is 3. The van der Waals surface area contributed by atoms with Crippen molar-refractivity contribution in [2.24, 2.45) is 17.8 Å². The van der Waals surface area contributed by atoms with Gasteiger partial charge in [-0.2, -0.15) is 0 Å². The molecule has 0 aromatic heterocycles. The lowest BCUT2D eigenvalue weighted by molar-refractivity contribution is 0.0378. The van der Waals surface area contributed by atoms with Gasteiger partial charge in [0.05, 0.1) is 6.10 Å². The minimum atomic E-state index is -0.0934. The maximum Gasteiger partial charge on any atom is 0.0667 e. The molecule has 0 aromatic carbocycles. The van der Waals surface area contributed by atoms with Crippen molar-refractivity contribution >= 4 is 0 Å². The Kier molecular flexibility index (Phi) is 5.67. The number of aliphatic hydroxyl groups excluding tert-OH is 1. The zero-order valence-electron chi connectivity index (χ0n) is 12.9. The van der Waals surface area contributed by atoms with Crippen molar-refractivity contribution in [3.05, 3.63) is 0 Å². The van der Waals surface area contributed by atoms with Crippen LogP contribution in [0.15, 0.2) is 0 Å². The minimum absolute atomic E-state index is 0.0934. The highest BCUT2D eigenvalue weighted by Crippen LogP contribution is 2.34. The molecule has 2 fully saturated rings. The Labute approximate surface area is 118 Å². The molecule has 112 valence electrons. The van der Waals surface area contributed by atoms with E-state index < -0.39 is 0 Å². The second-order valence-electron chi connectivity index (χ2n) is 6.94. The molecule has 0 aromatic rings. The number of rotatable bonds is 4. The summed E-state index contributed by atoms with van der Waals surface area (Å²) in [5.74, 6) is 2.40. The second-order valence-corrected chi connectivity index (χ2v) is 6.94. The summed E-state index contributed by atoms with van der Waals surface area (Å²) in [5, 5.41) is 13.5. The molecule has 1 aliphatic carbocycles. The number of nitrogens with one attached hydrogen (secondary N) is 1. The molecule has 2 aliphatic rings. The molecule has 0 radical (unpaired) electrons. The van der Waals surface area contributed by atoms with Gasteiger partial charge in [-0.05, 0) is 56.5 Å². The van der Waals surface area contributed by atoms with E-state index in [1.54, 1.807) is 0 Å². The molecule has 2 rings (SSSR count). The molecule has 3 heteroatoms. The van der Waals surface area contributed by atoms with Gasteiger partial charge < -0.3 is 15.3 Å². The zero-order valence-corrected chi connectivity index (χ0v) is 12.9. The number of likely N-dealkylation sites (tertiary alicyclic amines) is 1. The predicted molar refractivity (Wildman–Crippen MR) is 80.2 cm³/mol. The van der Waals surface area contributed by atoms with Crippen LogP contribution in [0.25, 0.3) is 0 Å². The van der Waals surface area contributed by atoms with Gasteiger partial charge in [-0.1, -0.05) is 20.8 Å². The van der Waals surface area contributed by atoms with Crippen LogP contribution in [0, 0.1) is 17.8 Å². The maximum atomic E-state index is 9.83. The lowest BCUT2D eigenvalue weighted by Gasteiger charge is -2.43. The molecular weight excluding hydrogens is 236 g/mol. The molecule has 0 bridgehead atoms. The molecule has 5 unspecified atom stereocenters. The van der Waals surface area contributed by atoms with E-state index in [1.807, 2.05) is 0 Å². The molecule has 1 aliphatic heterocycles. The molecule has 0 spiro atoms. The summed E-state index contributed by atoms with van der Waals surface area (Å²) in [6.07, 6.45) is 4.74. The molecule has 19 heavy (non-hydrogen) atoms. The predicted octanol–water partition coefficient (Wildman–Crippen LogP) is 2.10. The van der Waals surface area contributed by atoms with E-state index >= 15 is 0 Å². The van der Waals surface area contributed by atoms with Crippen LogP contribution < -0.4 is 5.32 Å². The minimum Gasteiger partial charge on any atom is -0.392 e. The number of aliphatic hydroxyl groups is 1. The molecule has 0 amide bonds. The highest BCUT2D eigenvalue weighted by atomic mass is 16.3. The van der Waals surface area contributed by atoms with Gasteiger partial charge in [0.2, 0.25) is 0 Å². The highest BCUT2D eigenvalue weighted by Gasteiger charge is 2.35. The van der Waals surface area contributed by atoms with Crippen molar-refractivity contribution < 1.29 is 5.11 Å². The smallest absolute Gasteiger partial charge is 0.0667 e. The first-order valence-corrected chi connectivity index (χ1v) is 8.24. The van der Waals surface area contributed by atoms with Crippen LogP contribution in [0.4, 0.5) is 0 Å². The van der Waals surface area contributed by atoms with Gasteiger partial charge >= 0.3 is 0 Å². The first-order valence-electron chi connectivity index (χ1n) is 8.24. The van der Waals surface area contributed by atoms with E-state index in [-0.39, 0.29) is 6.10 Å². The Morgan fingerprint density at radius 3 is 2.74 bits per heavy atom. The molecule has 1 saturated heterocycles. The lowest BCUT2D eigenvalue weighted by Crippen LogP contribution is -2.51. The monoisotopic (exact) mass is 268 g/mol. The Morgan fingerprint density at radius 1 is 1.26 bits per heavy atom. The van der Waals surface area contributed by atoms with Gasteiger partial charge in [-0.25, -0.2) is 0 Å². The average Bonchev–Trinajstić information content (AvgIpc) is 2.34. The van der Waals surface area contributed by atoms with Crippen LogP contribution in [-0.4, -0.2) is 48.3 Å². The van der Waals surface area contributed by atoms with Crippen molar-refractivity contribution in [3.8, 4) is 0 Å². The second kappa shape index (κ2) is 7.05. The van der Waals surface area contributed by atoms with Crippen LogP contribution in [-0.2, 0) is 0 Å². The SMILES string of the molecule is CCNC1CC(C)CC(C)C1CN1CCCC(O)C1. The van der Waals surface area contributed by atoms with Crippen molar-refractivity contribution in [2.45, 2.75) is 58.6 Å². The quantitative estimate of drug-likeness (QED) is 0.820. The molecule has 3 nitrogen and oxygen atoms in total.